The molecule has 0 bridgehead atoms. The molecule has 2 aromatic carbocycles. The maximum absolute atomic E-state index is 12.8. The molecule has 0 unspecified atom stereocenters. The summed E-state index contributed by atoms with van der Waals surface area (Å²) in [5.74, 6) is 0.0796. The smallest absolute Gasteiger partial charge is 0.227 e. The van der Waals surface area contributed by atoms with Crippen molar-refractivity contribution in [3.8, 4) is 17.2 Å². The van der Waals surface area contributed by atoms with Crippen molar-refractivity contribution in [2.75, 3.05) is 45.9 Å². The first-order valence-corrected chi connectivity index (χ1v) is 9.85. The lowest BCUT2D eigenvalue weighted by Crippen LogP contribution is -2.43. The van der Waals surface area contributed by atoms with E-state index >= 15 is 0 Å². The lowest BCUT2D eigenvalue weighted by Gasteiger charge is -2.30. The second-order valence-corrected chi connectivity index (χ2v) is 6.98. The van der Waals surface area contributed by atoms with E-state index < -0.39 is 0 Å². The van der Waals surface area contributed by atoms with Gasteiger partial charge < -0.3 is 9.64 Å². The molecule has 0 radical (unpaired) electrons. The summed E-state index contributed by atoms with van der Waals surface area (Å²) in [6, 6.07) is 20.5. The number of morpholine rings is 1. The van der Waals surface area contributed by atoms with E-state index in [4.69, 9.17) is 10.00 Å². The van der Waals surface area contributed by atoms with Crippen LogP contribution in [0.5, 0.6) is 0 Å². The van der Waals surface area contributed by atoms with Gasteiger partial charge in [0, 0.05) is 32.7 Å². The molecule has 3 rings (SSSR count). The fraction of sp³-hybridized carbons (Fsp3) is 0.391. The van der Waals surface area contributed by atoms with Gasteiger partial charge in [0.1, 0.15) is 0 Å². The maximum Gasteiger partial charge on any atom is 0.227 e. The Morgan fingerprint density at radius 1 is 1.00 bits per heavy atom. The Balaban J connectivity index is 1.58. The number of benzene rings is 2. The fourth-order valence-electron chi connectivity index (χ4n) is 3.37. The molecule has 1 aliphatic rings. The zero-order valence-electron chi connectivity index (χ0n) is 16.2. The van der Waals surface area contributed by atoms with E-state index in [0.29, 0.717) is 25.9 Å². The largest absolute Gasteiger partial charge is 0.379 e. The SMILES string of the molecule is N#CCCN(CCN1CCOCC1)C(=O)Cc1ccc(-c2ccccc2)cc1. The van der Waals surface area contributed by atoms with Gasteiger partial charge in [0.2, 0.25) is 5.91 Å². The van der Waals surface area contributed by atoms with E-state index in [-0.39, 0.29) is 5.91 Å². The molecular formula is C23H27N3O2. The molecule has 0 saturated carbocycles. The molecule has 0 spiro atoms. The minimum absolute atomic E-state index is 0.0796. The number of carbonyl (C=O) groups excluding carboxylic acids is 1. The molecule has 0 aromatic heterocycles. The van der Waals surface area contributed by atoms with Crippen molar-refractivity contribution < 1.29 is 9.53 Å². The number of carbonyl (C=O) groups is 1. The third-order valence-corrected chi connectivity index (χ3v) is 5.05. The Bertz CT molecular complexity index is 778. The zero-order chi connectivity index (χ0) is 19.6. The summed E-state index contributed by atoms with van der Waals surface area (Å²) in [6.45, 7) is 5.28. The van der Waals surface area contributed by atoms with Crippen molar-refractivity contribution >= 4 is 5.91 Å². The average Bonchev–Trinajstić information content (AvgIpc) is 2.75. The van der Waals surface area contributed by atoms with Crippen molar-refractivity contribution in [2.24, 2.45) is 0 Å². The number of ether oxygens (including phenoxy) is 1. The number of nitriles is 1. The van der Waals surface area contributed by atoms with Crippen LogP contribution in [-0.2, 0) is 16.0 Å². The normalized spacial score (nSPS) is 14.4. The maximum atomic E-state index is 12.8. The molecule has 0 aliphatic carbocycles. The number of amides is 1. The summed E-state index contributed by atoms with van der Waals surface area (Å²) in [4.78, 5) is 17.0. The number of hydrogen-bond donors (Lipinski definition) is 0. The molecule has 1 saturated heterocycles. The van der Waals surface area contributed by atoms with Crippen molar-refractivity contribution in [3.05, 3.63) is 60.2 Å². The number of hydrogen-bond acceptors (Lipinski definition) is 4. The van der Waals surface area contributed by atoms with Gasteiger partial charge in [0.15, 0.2) is 0 Å². The molecule has 146 valence electrons. The van der Waals surface area contributed by atoms with Crippen LogP contribution in [0.15, 0.2) is 54.6 Å². The fourth-order valence-corrected chi connectivity index (χ4v) is 3.37. The molecule has 28 heavy (non-hydrogen) atoms. The van der Waals surface area contributed by atoms with Gasteiger partial charge in [-0.05, 0) is 16.7 Å². The van der Waals surface area contributed by atoms with Gasteiger partial charge in [-0.3, -0.25) is 9.69 Å². The standard InChI is InChI=1S/C23H27N3O2/c24-11-4-12-26(14-13-25-15-17-28-18-16-25)23(27)19-20-7-9-22(10-8-20)21-5-2-1-3-6-21/h1-3,5-10H,4,12-19H2. The molecule has 0 N–H and O–H groups in total. The Morgan fingerprint density at radius 3 is 2.36 bits per heavy atom. The predicted molar refractivity (Wildman–Crippen MR) is 110 cm³/mol. The Kier molecular flexibility index (Phi) is 7.60. The summed E-state index contributed by atoms with van der Waals surface area (Å²) in [6.07, 6.45) is 0.728. The van der Waals surface area contributed by atoms with Gasteiger partial charge in [-0.25, -0.2) is 0 Å². The van der Waals surface area contributed by atoms with Crippen molar-refractivity contribution in [1.29, 1.82) is 5.26 Å². The van der Waals surface area contributed by atoms with E-state index in [1.807, 2.05) is 35.2 Å². The van der Waals surface area contributed by atoms with Gasteiger partial charge in [0.25, 0.3) is 0 Å². The van der Waals surface area contributed by atoms with Crippen LogP contribution in [0, 0.1) is 11.3 Å². The van der Waals surface area contributed by atoms with E-state index in [9.17, 15) is 4.79 Å². The first-order chi connectivity index (χ1) is 13.8. The Morgan fingerprint density at radius 2 is 1.68 bits per heavy atom. The minimum Gasteiger partial charge on any atom is -0.379 e. The Labute approximate surface area is 167 Å². The Hall–Kier alpha value is -2.68. The van der Waals surface area contributed by atoms with Crippen molar-refractivity contribution in [3.63, 3.8) is 0 Å². The quantitative estimate of drug-likeness (QED) is 0.710. The molecule has 0 atom stereocenters. The molecule has 1 amide bonds. The van der Waals surface area contributed by atoms with Crippen LogP contribution in [0.2, 0.25) is 0 Å². The molecule has 2 aromatic rings. The van der Waals surface area contributed by atoms with Crippen molar-refractivity contribution in [1.82, 2.24) is 9.80 Å². The van der Waals surface area contributed by atoms with Crippen molar-refractivity contribution in [2.45, 2.75) is 12.8 Å². The van der Waals surface area contributed by atoms with Crippen LogP contribution >= 0.6 is 0 Å². The van der Waals surface area contributed by atoms with Crippen LogP contribution in [-0.4, -0.2) is 61.6 Å². The van der Waals surface area contributed by atoms with E-state index in [0.717, 1.165) is 44.0 Å². The van der Waals surface area contributed by atoms with E-state index in [2.05, 4.69) is 35.2 Å². The highest BCUT2D eigenvalue weighted by Gasteiger charge is 2.17. The van der Waals surface area contributed by atoms with Crippen LogP contribution in [0.25, 0.3) is 11.1 Å². The highest BCUT2D eigenvalue weighted by Crippen LogP contribution is 2.19. The minimum atomic E-state index is 0.0796. The molecule has 5 nitrogen and oxygen atoms in total. The summed E-state index contributed by atoms with van der Waals surface area (Å²) in [5, 5.41) is 8.93. The zero-order valence-corrected chi connectivity index (χ0v) is 16.2. The van der Waals surface area contributed by atoms with Crippen LogP contribution < -0.4 is 0 Å². The molecule has 1 aliphatic heterocycles. The summed E-state index contributed by atoms with van der Waals surface area (Å²) >= 11 is 0. The first kappa shape index (κ1) is 20.1. The number of nitrogens with zero attached hydrogens (tertiary/aromatic N) is 3. The van der Waals surface area contributed by atoms with Gasteiger partial charge in [-0.15, -0.1) is 0 Å². The topological polar surface area (TPSA) is 56.6 Å². The van der Waals surface area contributed by atoms with E-state index in [1.54, 1.807) is 0 Å². The number of rotatable bonds is 8. The highest BCUT2D eigenvalue weighted by atomic mass is 16.5. The lowest BCUT2D eigenvalue weighted by atomic mass is 10.0. The molecular weight excluding hydrogens is 350 g/mol. The first-order valence-electron chi connectivity index (χ1n) is 9.85. The van der Waals surface area contributed by atoms with Gasteiger partial charge in [0.05, 0.1) is 32.1 Å². The lowest BCUT2D eigenvalue weighted by molar-refractivity contribution is -0.130. The third-order valence-electron chi connectivity index (χ3n) is 5.05. The third kappa shape index (κ3) is 5.91. The predicted octanol–water partition coefficient (Wildman–Crippen LogP) is 2.97. The van der Waals surface area contributed by atoms with Crippen LogP contribution in [0.3, 0.4) is 0 Å². The summed E-state index contributed by atoms with van der Waals surface area (Å²) in [5.41, 5.74) is 3.31. The molecule has 1 heterocycles. The molecule has 5 heteroatoms. The summed E-state index contributed by atoms with van der Waals surface area (Å²) in [7, 11) is 0. The average molecular weight is 377 g/mol. The van der Waals surface area contributed by atoms with Gasteiger partial charge in [-0.2, -0.15) is 5.26 Å². The van der Waals surface area contributed by atoms with Gasteiger partial charge >= 0.3 is 0 Å². The highest BCUT2D eigenvalue weighted by molar-refractivity contribution is 5.79. The van der Waals surface area contributed by atoms with Crippen LogP contribution in [0.4, 0.5) is 0 Å². The van der Waals surface area contributed by atoms with Crippen LogP contribution in [0.1, 0.15) is 12.0 Å². The second kappa shape index (κ2) is 10.6. The summed E-state index contributed by atoms with van der Waals surface area (Å²) < 4.78 is 5.37. The van der Waals surface area contributed by atoms with E-state index in [1.165, 1.54) is 5.56 Å². The monoisotopic (exact) mass is 377 g/mol. The molecule has 1 fully saturated rings. The second-order valence-electron chi connectivity index (χ2n) is 6.98. The van der Waals surface area contributed by atoms with Gasteiger partial charge in [-0.1, -0.05) is 54.6 Å².